The molecule has 0 spiro atoms. The third-order valence-electron chi connectivity index (χ3n) is 8.86. The van der Waals surface area contributed by atoms with Crippen LogP contribution in [0, 0.1) is 11.8 Å². The van der Waals surface area contributed by atoms with E-state index in [2.05, 4.69) is 33.4 Å². The van der Waals surface area contributed by atoms with Crippen LogP contribution in [-0.4, -0.2) is 49.7 Å². The SMILES string of the molecule is CCCCOc1ccc(C(=O)OOC(=O)OC2CCC(CC3CCC(OC(=O)OOC(=O)c4ccc(OCCCC)cc4)CC3)CC2)cc1. The van der Waals surface area contributed by atoms with E-state index < -0.39 is 24.2 Å². The monoisotopic (exact) mass is 684 g/mol. The van der Waals surface area contributed by atoms with Gasteiger partial charge in [-0.25, -0.2) is 29.1 Å². The standard InChI is InChI=1S/C37H48O12/c1-3-5-23-42-30-19-11-28(12-20-30)34(38)46-48-36(40)44-32-15-7-26(8-16-32)25-27-9-17-33(18-10-27)45-37(41)49-47-35(39)29-13-21-31(22-14-29)43-24-6-4-2/h11-14,19-22,26-27,32-33H,3-10,15-18,23-25H2,1-2H3. The smallest absolute Gasteiger partial charge is 0.494 e. The molecule has 2 fully saturated rings. The summed E-state index contributed by atoms with van der Waals surface area (Å²) in [5.41, 5.74) is 0.451. The van der Waals surface area contributed by atoms with E-state index in [9.17, 15) is 19.2 Å². The van der Waals surface area contributed by atoms with Crippen LogP contribution in [0.5, 0.6) is 11.5 Å². The molecule has 0 saturated heterocycles. The molecule has 0 bridgehead atoms. The maximum absolute atomic E-state index is 12.2. The van der Waals surface area contributed by atoms with Crippen LogP contribution in [-0.2, 0) is 29.0 Å². The fourth-order valence-corrected chi connectivity index (χ4v) is 6.04. The van der Waals surface area contributed by atoms with Gasteiger partial charge in [-0.2, -0.15) is 9.59 Å². The number of unbranched alkanes of at least 4 members (excludes halogenated alkanes) is 2. The Morgan fingerprint density at radius 3 is 1.24 bits per heavy atom. The number of ether oxygens (including phenoxy) is 4. The first-order valence-electron chi connectivity index (χ1n) is 17.5. The highest BCUT2D eigenvalue weighted by Gasteiger charge is 2.30. The average molecular weight is 685 g/mol. The van der Waals surface area contributed by atoms with Crippen molar-refractivity contribution in [1.82, 2.24) is 0 Å². The Hall–Kier alpha value is -4.48. The van der Waals surface area contributed by atoms with Crippen LogP contribution in [0.4, 0.5) is 9.59 Å². The van der Waals surface area contributed by atoms with E-state index in [1.807, 2.05) is 0 Å². The van der Waals surface area contributed by atoms with Gasteiger partial charge in [-0.3, -0.25) is 0 Å². The molecule has 12 heteroatoms. The van der Waals surface area contributed by atoms with Gasteiger partial charge in [0.25, 0.3) is 0 Å². The predicted molar refractivity (Wildman–Crippen MR) is 176 cm³/mol. The number of hydrogen-bond donors (Lipinski definition) is 0. The van der Waals surface area contributed by atoms with Crippen molar-refractivity contribution in [1.29, 1.82) is 0 Å². The second-order valence-corrected chi connectivity index (χ2v) is 12.6. The lowest BCUT2D eigenvalue weighted by Crippen LogP contribution is -2.28. The minimum atomic E-state index is -1.04. The summed E-state index contributed by atoms with van der Waals surface area (Å²) in [5.74, 6) is 0.707. The summed E-state index contributed by atoms with van der Waals surface area (Å²) < 4.78 is 21.9. The summed E-state index contributed by atoms with van der Waals surface area (Å²) in [6.07, 6.45) is 8.76. The molecule has 0 amide bonds. The minimum absolute atomic E-state index is 0.226. The molecule has 0 N–H and O–H groups in total. The van der Waals surface area contributed by atoms with E-state index in [0.717, 1.165) is 57.8 Å². The Bertz CT molecular complexity index is 1210. The van der Waals surface area contributed by atoms with Crippen LogP contribution < -0.4 is 9.47 Å². The average Bonchev–Trinajstić information content (AvgIpc) is 3.12. The van der Waals surface area contributed by atoms with Gasteiger partial charge in [-0.05, 0) is 131 Å². The van der Waals surface area contributed by atoms with E-state index in [4.69, 9.17) is 18.9 Å². The highest BCUT2D eigenvalue weighted by molar-refractivity contribution is 5.90. The molecule has 0 aromatic heterocycles. The Morgan fingerprint density at radius 1 is 0.531 bits per heavy atom. The molecular weight excluding hydrogens is 636 g/mol. The molecule has 2 aromatic rings. The fourth-order valence-electron chi connectivity index (χ4n) is 6.04. The van der Waals surface area contributed by atoms with E-state index in [1.165, 1.54) is 0 Å². The van der Waals surface area contributed by atoms with Gasteiger partial charge in [0, 0.05) is 0 Å². The molecule has 268 valence electrons. The van der Waals surface area contributed by atoms with Crippen molar-refractivity contribution in [3.05, 3.63) is 59.7 Å². The Morgan fingerprint density at radius 2 is 0.898 bits per heavy atom. The lowest BCUT2D eigenvalue weighted by atomic mass is 9.76. The van der Waals surface area contributed by atoms with Gasteiger partial charge in [0.05, 0.1) is 24.3 Å². The van der Waals surface area contributed by atoms with E-state index in [-0.39, 0.29) is 23.3 Å². The molecule has 0 aliphatic heterocycles. The van der Waals surface area contributed by atoms with Gasteiger partial charge in [0.15, 0.2) is 0 Å². The summed E-state index contributed by atoms with van der Waals surface area (Å²) in [4.78, 5) is 67.2. The first-order valence-corrected chi connectivity index (χ1v) is 17.5. The number of carbonyl (C=O) groups is 4. The molecule has 12 nitrogen and oxygen atoms in total. The zero-order valence-corrected chi connectivity index (χ0v) is 28.4. The number of carbonyl (C=O) groups excluding carboxylic acids is 4. The van der Waals surface area contributed by atoms with Gasteiger partial charge < -0.3 is 18.9 Å². The largest absolute Gasteiger partial charge is 0.550 e. The Balaban J connectivity index is 1.04. The van der Waals surface area contributed by atoms with E-state index in [1.54, 1.807) is 48.5 Å². The second kappa shape index (κ2) is 20.1. The van der Waals surface area contributed by atoms with Crippen molar-refractivity contribution in [2.45, 2.75) is 110 Å². The quantitative estimate of drug-likeness (QED) is 0.0813. The van der Waals surface area contributed by atoms with Crippen molar-refractivity contribution < 1.29 is 57.7 Å². The first kappa shape index (κ1) is 37.3. The fraction of sp³-hybridized carbons (Fsp3) is 0.568. The number of rotatable bonds is 14. The molecular formula is C37H48O12. The Kier molecular flexibility index (Phi) is 15.3. The topological polar surface area (TPSA) is 142 Å². The molecule has 0 atom stereocenters. The van der Waals surface area contributed by atoms with Crippen molar-refractivity contribution >= 4 is 24.2 Å². The molecule has 0 unspecified atom stereocenters. The lowest BCUT2D eigenvalue weighted by molar-refractivity contribution is -0.208. The summed E-state index contributed by atoms with van der Waals surface area (Å²) in [6, 6.07) is 12.8. The second-order valence-electron chi connectivity index (χ2n) is 12.6. The first-order chi connectivity index (χ1) is 23.8. The summed E-state index contributed by atoms with van der Waals surface area (Å²) >= 11 is 0. The van der Waals surface area contributed by atoms with Gasteiger partial charge in [-0.1, -0.05) is 26.7 Å². The number of benzene rings is 2. The predicted octanol–water partition coefficient (Wildman–Crippen LogP) is 8.70. The van der Waals surface area contributed by atoms with Gasteiger partial charge >= 0.3 is 24.2 Å². The maximum Gasteiger partial charge on any atom is 0.550 e. The van der Waals surface area contributed by atoms with Crippen LogP contribution in [0.1, 0.15) is 118 Å². The van der Waals surface area contributed by atoms with Crippen molar-refractivity contribution in [2.75, 3.05) is 13.2 Å². The molecule has 0 heterocycles. The van der Waals surface area contributed by atoms with Crippen molar-refractivity contribution in [2.24, 2.45) is 11.8 Å². The highest BCUT2D eigenvalue weighted by Crippen LogP contribution is 2.37. The zero-order chi connectivity index (χ0) is 34.8. The molecule has 0 radical (unpaired) electrons. The lowest BCUT2D eigenvalue weighted by Gasteiger charge is -2.33. The van der Waals surface area contributed by atoms with Crippen molar-refractivity contribution in [3.8, 4) is 11.5 Å². The van der Waals surface area contributed by atoms with Crippen LogP contribution in [0.3, 0.4) is 0 Å². The summed E-state index contributed by atoms with van der Waals surface area (Å²) in [7, 11) is 0. The molecule has 49 heavy (non-hydrogen) atoms. The molecule has 2 aromatic carbocycles. The molecule has 2 saturated carbocycles. The Labute approximate surface area is 287 Å². The number of hydrogen-bond acceptors (Lipinski definition) is 12. The van der Waals surface area contributed by atoms with Crippen LogP contribution >= 0.6 is 0 Å². The van der Waals surface area contributed by atoms with Crippen LogP contribution in [0.15, 0.2) is 48.5 Å². The van der Waals surface area contributed by atoms with E-state index >= 15 is 0 Å². The van der Waals surface area contributed by atoms with Crippen LogP contribution in [0.2, 0.25) is 0 Å². The normalized spacial score (nSPS) is 20.3. The molecule has 4 rings (SSSR count). The van der Waals surface area contributed by atoms with Crippen molar-refractivity contribution in [3.63, 3.8) is 0 Å². The third kappa shape index (κ3) is 13.2. The molecule has 2 aliphatic carbocycles. The van der Waals surface area contributed by atoms with Gasteiger partial charge in [-0.15, -0.1) is 0 Å². The van der Waals surface area contributed by atoms with Crippen LogP contribution in [0.25, 0.3) is 0 Å². The maximum atomic E-state index is 12.2. The minimum Gasteiger partial charge on any atom is -0.494 e. The van der Waals surface area contributed by atoms with E-state index in [0.29, 0.717) is 62.2 Å². The molecule has 2 aliphatic rings. The highest BCUT2D eigenvalue weighted by atomic mass is 17.2. The zero-order valence-electron chi connectivity index (χ0n) is 28.4. The summed E-state index contributed by atoms with van der Waals surface area (Å²) in [6.45, 7) is 5.35. The van der Waals surface area contributed by atoms with Gasteiger partial charge in [0.1, 0.15) is 23.7 Å². The third-order valence-corrected chi connectivity index (χ3v) is 8.86. The summed E-state index contributed by atoms with van der Waals surface area (Å²) in [5, 5.41) is 0. The van der Waals surface area contributed by atoms with Gasteiger partial charge in [0.2, 0.25) is 0 Å².